The molecule has 3 heteroatoms. The number of hydrogen-bond acceptors (Lipinski definition) is 3. The predicted molar refractivity (Wildman–Crippen MR) is 71.5 cm³/mol. The summed E-state index contributed by atoms with van der Waals surface area (Å²) in [5.41, 5.74) is 1.31. The Hall–Kier alpha value is -1.22. The molecule has 1 aliphatic carbocycles. The monoisotopic (exact) mass is 247 g/mol. The molecule has 1 saturated heterocycles. The first-order valence-electron chi connectivity index (χ1n) is 6.92. The van der Waals surface area contributed by atoms with Crippen molar-refractivity contribution >= 4 is 0 Å². The molecule has 0 amide bonds. The average Bonchev–Trinajstić information content (AvgIpc) is 2.87. The average molecular weight is 247 g/mol. The molecule has 0 aromatic heterocycles. The molecular formula is C15H21NO2. The Kier molecular flexibility index (Phi) is 3.41. The number of nitrogens with one attached hydrogen (secondary N) is 1. The lowest BCUT2D eigenvalue weighted by Gasteiger charge is -2.29. The maximum atomic E-state index is 6.16. The van der Waals surface area contributed by atoms with E-state index in [-0.39, 0.29) is 0 Å². The molecular weight excluding hydrogens is 226 g/mol. The Morgan fingerprint density at radius 1 is 1.22 bits per heavy atom. The van der Waals surface area contributed by atoms with E-state index >= 15 is 0 Å². The molecule has 3 rings (SSSR count). The van der Waals surface area contributed by atoms with Crippen LogP contribution in [0.5, 0.6) is 11.5 Å². The molecule has 3 nitrogen and oxygen atoms in total. The zero-order valence-corrected chi connectivity index (χ0v) is 10.9. The number of rotatable bonds is 4. The van der Waals surface area contributed by atoms with Crippen LogP contribution in [-0.2, 0) is 0 Å². The number of para-hydroxylation sites is 1. The summed E-state index contributed by atoms with van der Waals surface area (Å²) in [6, 6.07) is 6.26. The molecule has 1 aromatic rings. The van der Waals surface area contributed by atoms with Crippen LogP contribution in [0, 0.1) is 0 Å². The van der Waals surface area contributed by atoms with Gasteiger partial charge in [0.1, 0.15) is 0 Å². The minimum Gasteiger partial charge on any atom is -0.493 e. The van der Waals surface area contributed by atoms with Crippen molar-refractivity contribution in [3.05, 3.63) is 23.8 Å². The lowest BCUT2D eigenvalue weighted by molar-refractivity contribution is 0.114. The highest BCUT2D eigenvalue weighted by atomic mass is 16.5. The molecule has 2 fully saturated rings. The first-order valence-corrected chi connectivity index (χ1v) is 6.92. The Labute approximate surface area is 108 Å². The fourth-order valence-electron chi connectivity index (χ4n) is 2.72. The normalized spacial score (nSPS) is 23.7. The Morgan fingerprint density at radius 3 is 2.72 bits per heavy atom. The van der Waals surface area contributed by atoms with E-state index in [9.17, 15) is 0 Å². The second-order valence-electron chi connectivity index (χ2n) is 5.24. The summed E-state index contributed by atoms with van der Waals surface area (Å²) in [7, 11) is 1.72. The van der Waals surface area contributed by atoms with Gasteiger partial charge in [-0.1, -0.05) is 12.1 Å². The first kappa shape index (κ1) is 11.8. The SMILES string of the molecule is COc1cccc(C2CCNC2)c1OC1CCC1. The Bertz CT molecular complexity index is 409. The minimum absolute atomic E-state index is 0.398. The molecule has 1 unspecified atom stereocenters. The van der Waals surface area contributed by atoms with E-state index < -0.39 is 0 Å². The van der Waals surface area contributed by atoms with Crippen molar-refractivity contribution in [2.75, 3.05) is 20.2 Å². The van der Waals surface area contributed by atoms with E-state index in [4.69, 9.17) is 9.47 Å². The summed E-state index contributed by atoms with van der Waals surface area (Å²) in [6.07, 6.45) is 5.24. The van der Waals surface area contributed by atoms with Crippen LogP contribution in [-0.4, -0.2) is 26.3 Å². The van der Waals surface area contributed by atoms with Crippen LogP contribution in [0.2, 0.25) is 0 Å². The molecule has 2 aliphatic rings. The van der Waals surface area contributed by atoms with Crippen LogP contribution in [0.4, 0.5) is 0 Å². The van der Waals surface area contributed by atoms with Gasteiger partial charge in [0.05, 0.1) is 13.2 Å². The van der Waals surface area contributed by atoms with Gasteiger partial charge in [-0.05, 0) is 38.3 Å². The van der Waals surface area contributed by atoms with Gasteiger partial charge in [-0.15, -0.1) is 0 Å². The van der Waals surface area contributed by atoms with Crippen LogP contribution in [0.15, 0.2) is 18.2 Å². The third kappa shape index (κ3) is 2.19. The molecule has 98 valence electrons. The quantitative estimate of drug-likeness (QED) is 0.887. The Morgan fingerprint density at radius 2 is 2.11 bits per heavy atom. The summed E-state index contributed by atoms with van der Waals surface area (Å²) >= 11 is 0. The number of benzene rings is 1. The first-order chi connectivity index (χ1) is 8.88. The van der Waals surface area contributed by atoms with E-state index in [0.717, 1.165) is 24.6 Å². The summed E-state index contributed by atoms with van der Waals surface area (Å²) in [5, 5.41) is 3.42. The van der Waals surface area contributed by atoms with Crippen LogP contribution in [0.3, 0.4) is 0 Å². The van der Waals surface area contributed by atoms with Gasteiger partial charge >= 0.3 is 0 Å². The van der Waals surface area contributed by atoms with Crippen molar-refractivity contribution in [1.82, 2.24) is 5.32 Å². The lowest BCUT2D eigenvalue weighted by Crippen LogP contribution is -2.25. The number of methoxy groups -OCH3 is 1. The topological polar surface area (TPSA) is 30.5 Å². The zero-order chi connectivity index (χ0) is 12.4. The van der Waals surface area contributed by atoms with Crippen molar-refractivity contribution in [2.24, 2.45) is 0 Å². The molecule has 0 bridgehead atoms. The highest BCUT2D eigenvalue weighted by molar-refractivity contribution is 5.49. The van der Waals surface area contributed by atoms with Crippen molar-refractivity contribution in [1.29, 1.82) is 0 Å². The molecule has 1 aromatic carbocycles. The standard InChI is InChI=1S/C15H21NO2/c1-17-14-7-3-6-13(11-8-9-16-10-11)15(14)18-12-4-2-5-12/h3,6-7,11-12,16H,2,4-5,8-10H2,1H3. The molecule has 18 heavy (non-hydrogen) atoms. The maximum absolute atomic E-state index is 6.16. The van der Waals surface area contributed by atoms with Gasteiger partial charge in [-0.3, -0.25) is 0 Å². The maximum Gasteiger partial charge on any atom is 0.165 e. The largest absolute Gasteiger partial charge is 0.493 e. The second kappa shape index (κ2) is 5.19. The number of ether oxygens (including phenoxy) is 2. The third-order valence-electron chi connectivity index (χ3n) is 4.07. The van der Waals surface area contributed by atoms with Crippen molar-refractivity contribution in [3.63, 3.8) is 0 Å². The molecule has 0 radical (unpaired) electrons. The van der Waals surface area contributed by atoms with E-state index in [1.807, 2.05) is 6.07 Å². The fraction of sp³-hybridized carbons (Fsp3) is 0.600. The number of hydrogen-bond donors (Lipinski definition) is 1. The lowest BCUT2D eigenvalue weighted by atomic mass is 9.94. The van der Waals surface area contributed by atoms with Gasteiger partial charge < -0.3 is 14.8 Å². The summed E-state index contributed by atoms with van der Waals surface area (Å²) < 4.78 is 11.6. The van der Waals surface area contributed by atoms with E-state index in [1.165, 1.54) is 31.2 Å². The van der Waals surface area contributed by atoms with E-state index in [2.05, 4.69) is 17.4 Å². The predicted octanol–water partition coefficient (Wildman–Crippen LogP) is 2.70. The fourth-order valence-corrected chi connectivity index (χ4v) is 2.72. The highest BCUT2D eigenvalue weighted by Gasteiger charge is 2.26. The third-order valence-corrected chi connectivity index (χ3v) is 4.07. The molecule has 1 aliphatic heterocycles. The minimum atomic E-state index is 0.398. The second-order valence-corrected chi connectivity index (χ2v) is 5.24. The molecule has 1 atom stereocenters. The smallest absolute Gasteiger partial charge is 0.165 e. The summed E-state index contributed by atoms with van der Waals surface area (Å²) in [4.78, 5) is 0. The molecule has 1 saturated carbocycles. The van der Waals surface area contributed by atoms with Gasteiger partial charge in [0.2, 0.25) is 0 Å². The van der Waals surface area contributed by atoms with Gasteiger partial charge in [-0.25, -0.2) is 0 Å². The van der Waals surface area contributed by atoms with E-state index in [1.54, 1.807) is 7.11 Å². The summed E-state index contributed by atoms with van der Waals surface area (Å²) in [6.45, 7) is 2.15. The van der Waals surface area contributed by atoms with Gasteiger partial charge in [0.15, 0.2) is 11.5 Å². The highest BCUT2D eigenvalue weighted by Crippen LogP contribution is 2.40. The van der Waals surface area contributed by atoms with Gasteiger partial charge in [0, 0.05) is 18.0 Å². The van der Waals surface area contributed by atoms with Crippen molar-refractivity contribution in [3.8, 4) is 11.5 Å². The summed E-state index contributed by atoms with van der Waals surface area (Å²) in [5.74, 6) is 2.43. The van der Waals surface area contributed by atoms with E-state index in [0.29, 0.717) is 12.0 Å². The molecule has 1 heterocycles. The van der Waals surface area contributed by atoms with Gasteiger partial charge in [-0.2, -0.15) is 0 Å². The van der Waals surface area contributed by atoms with Crippen LogP contribution < -0.4 is 14.8 Å². The van der Waals surface area contributed by atoms with Crippen LogP contribution in [0.1, 0.15) is 37.2 Å². The van der Waals surface area contributed by atoms with Crippen molar-refractivity contribution in [2.45, 2.75) is 37.7 Å². The molecule has 0 spiro atoms. The zero-order valence-electron chi connectivity index (χ0n) is 10.9. The van der Waals surface area contributed by atoms with Crippen LogP contribution >= 0.6 is 0 Å². The van der Waals surface area contributed by atoms with Crippen molar-refractivity contribution < 1.29 is 9.47 Å². The molecule has 1 N–H and O–H groups in total. The van der Waals surface area contributed by atoms with Crippen LogP contribution in [0.25, 0.3) is 0 Å². The Balaban J connectivity index is 1.89. The van der Waals surface area contributed by atoms with Gasteiger partial charge in [0.25, 0.3) is 0 Å².